The van der Waals surface area contributed by atoms with Crippen molar-refractivity contribution in [2.75, 3.05) is 0 Å². The molecule has 0 spiro atoms. The monoisotopic (exact) mass is 343 g/mol. The molecule has 0 saturated carbocycles. The molecule has 0 saturated heterocycles. The third kappa shape index (κ3) is 5.75. The molecule has 1 heterocycles. The first kappa shape index (κ1) is 19.3. The van der Waals surface area contributed by atoms with E-state index < -0.39 is 6.10 Å². The number of ether oxygens (including phenoxy) is 1. The minimum Gasteiger partial charge on any atom is -0.445 e. The zero-order chi connectivity index (χ0) is 18.1. The summed E-state index contributed by atoms with van der Waals surface area (Å²) in [6.45, 7) is 6.11. The summed E-state index contributed by atoms with van der Waals surface area (Å²) in [6, 6.07) is 9.56. The Morgan fingerprint density at radius 2 is 2.20 bits per heavy atom. The lowest BCUT2D eigenvalue weighted by atomic mass is 9.95. The van der Waals surface area contributed by atoms with E-state index in [0.717, 1.165) is 24.8 Å². The second-order valence-electron chi connectivity index (χ2n) is 6.54. The van der Waals surface area contributed by atoms with Crippen LogP contribution in [0, 0.1) is 0 Å². The summed E-state index contributed by atoms with van der Waals surface area (Å²) < 4.78 is 5.55. The van der Waals surface area contributed by atoms with Crippen LogP contribution < -0.4 is 0 Å². The lowest BCUT2D eigenvalue weighted by molar-refractivity contribution is 0.0502. The van der Waals surface area contributed by atoms with Crippen LogP contribution in [0.3, 0.4) is 0 Å². The van der Waals surface area contributed by atoms with Crippen LogP contribution in [-0.4, -0.2) is 34.3 Å². The van der Waals surface area contributed by atoms with E-state index in [0.29, 0.717) is 12.8 Å². The predicted octanol–water partition coefficient (Wildman–Crippen LogP) is 4.45. The molecule has 25 heavy (non-hydrogen) atoms. The summed E-state index contributed by atoms with van der Waals surface area (Å²) in [5, 5.41) is 10.2. The van der Waals surface area contributed by atoms with Crippen molar-refractivity contribution in [3.8, 4) is 0 Å². The summed E-state index contributed by atoms with van der Waals surface area (Å²) in [6.07, 6.45) is 8.91. The van der Waals surface area contributed by atoms with Gasteiger partial charge in [-0.15, -0.1) is 6.58 Å². The average Bonchev–Trinajstić information content (AvgIpc) is 2.61. The Labute approximate surface area is 150 Å². The molecule has 1 aliphatic rings. The normalized spacial score (nSPS) is 21.0. The number of aliphatic hydroxyl groups is 1. The van der Waals surface area contributed by atoms with Crippen molar-refractivity contribution in [3.63, 3.8) is 0 Å². The smallest absolute Gasteiger partial charge is 0.410 e. The van der Waals surface area contributed by atoms with E-state index in [1.807, 2.05) is 49.4 Å². The number of carbonyl (C=O) groups excluding carboxylic acids is 1. The average molecular weight is 343 g/mol. The number of aliphatic hydroxyl groups excluding tert-OH is 1. The van der Waals surface area contributed by atoms with Crippen LogP contribution in [-0.2, 0) is 11.3 Å². The number of hydrogen-bond donors (Lipinski definition) is 1. The summed E-state index contributed by atoms with van der Waals surface area (Å²) in [4.78, 5) is 14.5. The molecule has 1 aliphatic heterocycles. The van der Waals surface area contributed by atoms with Crippen molar-refractivity contribution in [1.29, 1.82) is 0 Å². The van der Waals surface area contributed by atoms with Crippen LogP contribution in [0.25, 0.3) is 0 Å². The van der Waals surface area contributed by atoms with Gasteiger partial charge in [0.2, 0.25) is 0 Å². The molecular weight excluding hydrogens is 314 g/mol. The van der Waals surface area contributed by atoms with E-state index in [1.165, 1.54) is 0 Å². The Bertz CT molecular complexity index is 570. The maximum Gasteiger partial charge on any atom is 0.410 e. The predicted molar refractivity (Wildman–Crippen MR) is 100 cm³/mol. The van der Waals surface area contributed by atoms with Gasteiger partial charge in [-0.2, -0.15) is 0 Å². The first-order chi connectivity index (χ1) is 12.2. The van der Waals surface area contributed by atoms with Crippen molar-refractivity contribution >= 4 is 6.09 Å². The third-order valence-electron chi connectivity index (χ3n) is 4.51. The van der Waals surface area contributed by atoms with Crippen LogP contribution >= 0.6 is 0 Å². The zero-order valence-corrected chi connectivity index (χ0v) is 15.0. The minimum absolute atomic E-state index is 0.0320. The number of rotatable bonds is 8. The molecule has 1 aromatic carbocycles. The Morgan fingerprint density at radius 1 is 1.44 bits per heavy atom. The van der Waals surface area contributed by atoms with Crippen LogP contribution in [0.5, 0.6) is 0 Å². The van der Waals surface area contributed by atoms with E-state index in [1.54, 1.807) is 4.90 Å². The fraction of sp³-hybridized carbons (Fsp3) is 0.476. The minimum atomic E-state index is -0.411. The summed E-state index contributed by atoms with van der Waals surface area (Å²) >= 11 is 0. The molecule has 4 heteroatoms. The van der Waals surface area contributed by atoms with E-state index >= 15 is 0 Å². The number of carbonyl (C=O) groups is 1. The van der Waals surface area contributed by atoms with Gasteiger partial charge in [-0.3, -0.25) is 4.90 Å². The van der Waals surface area contributed by atoms with Gasteiger partial charge in [-0.1, -0.05) is 61.9 Å². The van der Waals surface area contributed by atoms with Crippen molar-refractivity contribution in [2.45, 2.75) is 63.8 Å². The molecule has 0 bridgehead atoms. The zero-order valence-electron chi connectivity index (χ0n) is 15.0. The number of nitrogens with zero attached hydrogens (tertiary/aromatic N) is 1. The van der Waals surface area contributed by atoms with Crippen molar-refractivity contribution in [3.05, 3.63) is 60.7 Å². The van der Waals surface area contributed by atoms with Gasteiger partial charge in [0, 0.05) is 6.04 Å². The summed E-state index contributed by atoms with van der Waals surface area (Å²) in [7, 11) is 0. The molecule has 0 aromatic heterocycles. The van der Waals surface area contributed by atoms with Gasteiger partial charge in [0.1, 0.15) is 6.61 Å². The van der Waals surface area contributed by atoms with Gasteiger partial charge >= 0.3 is 6.09 Å². The number of amides is 1. The van der Waals surface area contributed by atoms with Crippen LogP contribution in [0.1, 0.15) is 44.6 Å². The van der Waals surface area contributed by atoms with Gasteiger partial charge in [-0.05, 0) is 31.2 Å². The van der Waals surface area contributed by atoms with E-state index in [9.17, 15) is 9.90 Å². The molecule has 1 N–H and O–H groups in total. The van der Waals surface area contributed by atoms with Gasteiger partial charge in [0.05, 0.1) is 12.1 Å². The molecule has 1 amide bonds. The van der Waals surface area contributed by atoms with Gasteiger partial charge in [0.25, 0.3) is 0 Å². The van der Waals surface area contributed by atoms with Crippen molar-refractivity contribution < 1.29 is 14.6 Å². The van der Waals surface area contributed by atoms with E-state index in [2.05, 4.69) is 12.7 Å². The van der Waals surface area contributed by atoms with Crippen LogP contribution in [0.15, 0.2) is 55.1 Å². The standard InChI is InChI=1S/C21H29NO3/c1-3-9-18-13-8-14-19(15-20(23)10-4-2)22(18)21(24)25-16-17-11-6-5-7-12-17/h3,5-8,11-12,14,18-20,23H,1,4,9-10,13,15-16H2,2H3/t18-,19-,20-/m1/s1. The first-order valence-corrected chi connectivity index (χ1v) is 9.10. The topological polar surface area (TPSA) is 49.8 Å². The maximum atomic E-state index is 12.8. The molecule has 1 aromatic rings. The molecule has 2 rings (SSSR count). The highest BCUT2D eigenvalue weighted by Crippen LogP contribution is 2.25. The quantitative estimate of drug-likeness (QED) is 0.710. The fourth-order valence-electron chi connectivity index (χ4n) is 3.27. The Balaban J connectivity index is 2.06. The van der Waals surface area contributed by atoms with Crippen molar-refractivity contribution in [1.82, 2.24) is 4.90 Å². The lowest BCUT2D eigenvalue weighted by Gasteiger charge is -2.39. The molecular formula is C21H29NO3. The Hall–Kier alpha value is -2.07. The largest absolute Gasteiger partial charge is 0.445 e. The number of benzene rings is 1. The first-order valence-electron chi connectivity index (χ1n) is 9.10. The molecule has 3 atom stereocenters. The fourth-order valence-corrected chi connectivity index (χ4v) is 3.27. The summed E-state index contributed by atoms with van der Waals surface area (Å²) in [5.41, 5.74) is 0.964. The molecule has 0 unspecified atom stereocenters. The Morgan fingerprint density at radius 3 is 2.88 bits per heavy atom. The van der Waals surface area contributed by atoms with E-state index in [-0.39, 0.29) is 24.8 Å². The molecule has 0 aliphatic carbocycles. The van der Waals surface area contributed by atoms with Gasteiger partial charge in [0.15, 0.2) is 0 Å². The highest BCUT2D eigenvalue weighted by Gasteiger charge is 2.33. The number of hydrogen-bond acceptors (Lipinski definition) is 3. The molecule has 0 radical (unpaired) electrons. The van der Waals surface area contributed by atoms with Gasteiger partial charge in [-0.25, -0.2) is 4.79 Å². The Kier molecular flexibility index (Phi) is 7.74. The molecule has 4 nitrogen and oxygen atoms in total. The highest BCUT2D eigenvalue weighted by atomic mass is 16.6. The van der Waals surface area contributed by atoms with Gasteiger partial charge < -0.3 is 9.84 Å². The second-order valence-corrected chi connectivity index (χ2v) is 6.54. The lowest BCUT2D eigenvalue weighted by Crippen LogP contribution is -2.49. The third-order valence-corrected chi connectivity index (χ3v) is 4.51. The highest BCUT2D eigenvalue weighted by molar-refractivity contribution is 5.69. The maximum absolute atomic E-state index is 12.8. The molecule has 136 valence electrons. The van der Waals surface area contributed by atoms with Crippen molar-refractivity contribution in [2.24, 2.45) is 0 Å². The van der Waals surface area contributed by atoms with Crippen LogP contribution in [0.4, 0.5) is 4.79 Å². The van der Waals surface area contributed by atoms with E-state index in [4.69, 9.17) is 4.74 Å². The SMILES string of the molecule is C=CC[C@@H]1CC=C[C@H](C[C@H](O)CCC)N1C(=O)OCc1ccccc1. The molecule has 0 fully saturated rings. The van der Waals surface area contributed by atoms with Crippen LogP contribution in [0.2, 0.25) is 0 Å². The second kappa shape index (κ2) is 10.0. The summed E-state index contributed by atoms with van der Waals surface area (Å²) in [5.74, 6) is 0.